The SMILES string of the molecule is CCSc1cc(C2(Cc3nncn3C)COC2)cc(N2Cc3c(C#N)cc(CN(CC)CC(C)C)cc3C2=O)n1.O=C(O)C(F)(F)F. The number of carbonyl (C=O) groups is 2. The normalized spacial score (nSPS) is 15.3. The Labute approximate surface area is 275 Å². The van der Waals surface area contributed by atoms with E-state index in [4.69, 9.17) is 19.6 Å². The van der Waals surface area contributed by atoms with Gasteiger partial charge in [0.15, 0.2) is 0 Å². The maximum Gasteiger partial charge on any atom is 0.490 e. The van der Waals surface area contributed by atoms with Crippen LogP contribution in [0.1, 0.15) is 66.1 Å². The number of aryl methyl sites for hydroxylation is 1. The Morgan fingerprint density at radius 1 is 1.23 bits per heavy atom. The number of nitrogens with zero attached hydrogens (tertiary/aromatic N) is 7. The molecule has 1 fully saturated rings. The first kappa shape index (κ1) is 35.8. The molecule has 252 valence electrons. The Morgan fingerprint density at radius 3 is 2.45 bits per heavy atom. The number of carboxylic acids is 1. The highest BCUT2D eigenvalue weighted by molar-refractivity contribution is 7.99. The lowest BCUT2D eigenvalue weighted by molar-refractivity contribution is -0.192. The van der Waals surface area contributed by atoms with E-state index in [0.29, 0.717) is 55.6 Å². The summed E-state index contributed by atoms with van der Waals surface area (Å²) in [5.41, 5.74) is 3.76. The lowest BCUT2D eigenvalue weighted by Gasteiger charge is -2.42. The van der Waals surface area contributed by atoms with Crippen molar-refractivity contribution in [1.29, 1.82) is 5.26 Å². The summed E-state index contributed by atoms with van der Waals surface area (Å²) in [5, 5.41) is 26.4. The number of benzene rings is 1. The maximum atomic E-state index is 13.9. The van der Waals surface area contributed by atoms with E-state index in [-0.39, 0.29) is 11.3 Å². The Hall–Kier alpha value is -4.00. The van der Waals surface area contributed by atoms with E-state index in [1.807, 2.05) is 29.8 Å². The van der Waals surface area contributed by atoms with Crippen LogP contribution < -0.4 is 4.90 Å². The lowest BCUT2D eigenvalue weighted by Crippen LogP contribution is -2.49. The second-order valence-corrected chi connectivity index (χ2v) is 13.3. The lowest BCUT2D eigenvalue weighted by atomic mass is 9.76. The number of fused-ring (bicyclic) bond motifs is 1. The molecule has 1 N–H and O–H groups in total. The van der Waals surface area contributed by atoms with Gasteiger partial charge >= 0.3 is 12.1 Å². The van der Waals surface area contributed by atoms with Crippen LogP contribution in [0.3, 0.4) is 0 Å². The van der Waals surface area contributed by atoms with Gasteiger partial charge in [0.05, 0.1) is 36.4 Å². The molecule has 5 rings (SSSR count). The molecule has 1 amide bonds. The van der Waals surface area contributed by atoms with Gasteiger partial charge in [-0.3, -0.25) is 14.6 Å². The van der Waals surface area contributed by atoms with Crippen molar-refractivity contribution in [2.45, 2.75) is 63.8 Å². The summed E-state index contributed by atoms with van der Waals surface area (Å²) in [7, 11) is 1.95. The molecule has 0 spiro atoms. The van der Waals surface area contributed by atoms with Crippen LogP contribution in [0.15, 0.2) is 35.6 Å². The largest absolute Gasteiger partial charge is 0.490 e. The molecule has 47 heavy (non-hydrogen) atoms. The summed E-state index contributed by atoms with van der Waals surface area (Å²) in [6.45, 7) is 12.7. The van der Waals surface area contributed by atoms with E-state index < -0.39 is 12.1 Å². The number of carbonyl (C=O) groups excluding carboxylic acids is 1. The minimum Gasteiger partial charge on any atom is -0.475 e. The second kappa shape index (κ2) is 14.8. The Morgan fingerprint density at radius 2 is 1.94 bits per heavy atom. The molecule has 2 aromatic heterocycles. The molecule has 2 aliphatic rings. The first-order valence-corrected chi connectivity index (χ1v) is 16.2. The molecule has 11 nitrogen and oxygen atoms in total. The van der Waals surface area contributed by atoms with Crippen LogP contribution in [0.4, 0.5) is 19.0 Å². The summed E-state index contributed by atoms with van der Waals surface area (Å²) in [6, 6.07) is 10.4. The zero-order valence-corrected chi connectivity index (χ0v) is 27.8. The third kappa shape index (κ3) is 8.30. The molecule has 1 saturated heterocycles. The van der Waals surface area contributed by atoms with E-state index in [1.54, 1.807) is 23.0 Å². The monoisotopic (exact) mass is 673 g/mol. The van der Waals surface area contributed by atoms with Crippen molar-refractivity contribution in [3.8, 4) is 6.07 Å². The molecule has 3 aromatic rings. The van der Waals surface area contributed by atoms with Crippen molar-refractivity contribution in [1.82, 2.24) is 24.6 Å². The standard InChI is InChI=1S/C30H37N7O2S.C2HF3O2/c1-6-36(14-20(3)4)15-21-8-22(13-31)25-16-37(29(38)24(25)9-21)26-10-23(11-28(33-26)40-7-2)30(17-39-18-30)12-27-34-32-19-35(27)5;3-2(4,5)1(6)7/h8-11,19-20H,6-7,12,14-18H2,1-5H3;(H,6,7). The number of pyridine rings is 1. The smallest absolute Gasteiger partial charge is 0.475 e. The molecule has 1 aromatic carbocycles. The quantitative estimate of drug-likeness (QED) is 0.278. The summed E-state index contributed by atoms with van der Waals surface area (Å²) < 4.78 is 39.4. The Kier molecular flexibility index (Phi) is 11.3. The number of rotatable bonds is 11. The van der Waals surface area contributed by atoms with Gasteiger partial charge in [0, 0.05) is 43.1 Å². The van der Waals surface area contributed by atoms with E-state index in [0.717, 1.165) is 46.4 Å². The van der Waals surface area contributed by atoms with Crippen LogP contribution >= 0.6 is 11.8 Å². The van der Waals surface area contributed by atoms with Crippen molar-refractivity contribution in [2.75, 3.05) is 37.0 Å². The fourth-order valence-electron chi connectivity index (χ4n) is 5.57. The molecule has 0 unspecified atom stereocenters. The Balaban J connectivity index is 0.000000644. The zero-order chi connectivity index (χ0) is 34.5. The number of hydrogen-bond donors (Lipinski definition) is 1. The molecule has 0 saturated carbocycles. The summed E-state index contributed by atoms with van der Waals surface area (Å²) in [4.78, 5) is 31.7. The number of aliphatic carboxylic acids is 1. The first-order valence-electron chi connectivity index (χ1n) is 15.2. The molecule has 4 heterocycles. The maximum absolute atomic E-state index is 13.9. The highest BCUT2D eigenvalue weighted by Gasteiger charge is 2.43. The van der Waals surface area contributed by atoms with Crippen LogP contribution in [-0.4, -0.2) is 79.9 Å². The van der Waals surface area contributed by atoms with Crippen LogP contribution in [0.2, 0.25) is 0 Å². The minimum absolute atomic E-state index is 0.107. The van der Waals surface area contributed by atoms with E-state index in [9.17, 15) is 23.2 Å². The van der Waals surface area contributed by atoms with Crippen molar-refractivity contribution in [3.63, 3.8) is 0 Å². The number of carboxylic acid groups (broad SMARTS) is 1. The third-order valence-corrected chi connectivity index (χ3v) is 8.76. The number of aromatic nitrogens is 4. The van der Waals surface area contributed by atoms with Gasteiger partial charge in [0.1, 0.15) is 18.0 Å². The third-order valence-electron chi connectivity index (χ3n) is 7.97. The van der Waals surface area contributed by atoms with Crippen molar-refractivity contribution in [3.05, 3.63) is 64.2 Å². The molecule has 15 heteroatoms. The minimum atomic E-state index is -5.08. The zero-order valence-electron chi connectivity index (χ0n) is 27.0. The molecular weight excluding hydrogens is 635 g/mol. The van der Waals surface area contributed by atoms with Gasteiger partial charge in [0.2, 0.25) is 0 Å². The number of ether oxygens (including phenoxy) is 1. The number of nitriles is 1. The molecule has 2 aliphatic heterocycles. The molecular formula is C32H38F3N7O4S. The van der Waals surface area contributed by atoms with Crippen LogP contribution in [0, 0.1) is 17.2 Å². The van der Waals surface area contributed by atoms with E-state index in [1.165, 1.54) is 0 Å². The second-order valence-electron chi connectivity index (χ2n) is 12.0. The number of hydrogen-bond acceptors (Lipinski definition) is 9. The van der Waals surface area contributed by atoms with Gasteiger partial charge in [-0.15, -0.1) is 22.0 Å². The van der Waals surface area contributed by atoms with E-state index in [2.05, 4.69) is 54.9 Å². The van der Waals surface area contributed by atoms with Gasteiger partial charge in [-0.05, 0) is 53.6 Å². The predicted octanol–water partition coefficient (Wildman–Crippen LogP) is 4.98. The van der Waals surface area contributed by atoms with Crippen LogP contribution in [0.25, 0.3) is 0 Å². The van der Waals surface area contributed by atoms with Gasteiger partial charge in [-0.25, -0.2) is 9.78 Å². The number of halogens is 3. The molecule has 0 atom stereocenters. The van der Waals surface area contributed by atoms with Gasteiger partial charge in [-0.1, -0.05) is 27.7 Å². The topological polar surface area (TPSA) is 137 Å². The molecule has 0 radical (unpaired) electrons. The van der Waals surface area contributed by atoms with Crippen LogP contribution in [0.5, 0.6) is 0 Å². The van der Waals surface area contributed by atoms with Crippen LogP contribution in [-0.2, 0) is 41.5 Å². The summed E-state index contributed by atoms with van der Waals surface area (Å²) >= 11 is 1.65. The first-order chi connectivity index (χ1) is 22.2. The molecule has 0 aliphatic carbocycles. The van der Waals surface area contributed by atoms with Crippen molar-refractivity contribution in [2.24, 2.45) is 13.0 Å². The highest BCUT2D eigenvalue weighted by atomic mass is 32.2. The summed E-state index contributed by atoms with van der Waals surface area (Å²) in [5.74, 6) is 0.0361. The van der Waals surface area contributed by atoms with Gasteiger partial charge in [-0.2, -0.15) is 18.4 Å². The Bertz CT molecular complexity index is 1650. The number of alkyl halides is 3. The fraction of sp³-hybridized carbons (Fsp3) is 0.500. The van der Waals surface area contributed by atoms with Crippen molar-refractivity contribution < 1.29 is 32.6 Å². The van der Waals surface area contributed by atoms with Crippen molar-refractivity contribution >= 4 is 29.5 Å². The number of anilines is 1. The molecule has 0 bridgehead atoms. The summed E-state index contributed by atoms with van der Waals surface area (Å²) in [6.07, 6.45) is -2.69. The number of thioether (sulfide) groups is 1. The van der Waals surface area contributed by atoms with Gasteiger partial charge < -0.3 is 14.4 Å². The average Bonchev–Trinajstić information content (AvgIpc) is 3.55. The highest BCUT2D eigenvalue weighted by Crippen LogP contribution is 2.40. The number of amides is 1. The predicted molar refractivity (Wildman–Crippen MR) is 169 cm³/mol. The van der Waals surface area contributed by atoms with E-state index >= 15 is 0 Å². The average molecular weight is 674 g/mol. The fourth-order valence-corrected chi connectivity index (χ4v) is 6.24. The van der Waals surface area contributed by atoms with Gasteiger partial charge in [0.25, 0.3) is 5.91 Å².